The van der Waals surface area contributed by atoms with Gasteiger partial charge in [-0.25, -0.2) is 9.97 Å². The fraction of sp³-hybridized carbons (Fsp3) is 0.136. The highest BCUT2D eigenvalue weighted by molar-refractivity contribution is 5.77. The van der Waals surface area contributed by atoms with E-state index in [1.165, 1.54) is 6.07 Å². The molecule has 30 heavy (non-hydrogen) atoms. The molecule has 0 radical (unpaired) electrons. The van der Waals surface area contributed by atoms with Crippen LogP contribution in [-0.2, 0) is 6.54 Å². The summed E-state index contributed by atoms with van der Waals surface area (Å²) < 4.78 is 0. The van der Waals surface area contributed by atoms with Gasteiger partial charge in [0.15, 0.2) is 5.69 Å². The van der Waals surface area contributed by atoms with Crippen molar-refractivity contribution in [3.8, 4) is 11.3 Å². The van der Waals surface area contributed by atoms with Gasteiger partial charge in [0.1, 0.15) is 11.6 Å². The van der Waals surface area contributed by atoms with Gasteiger partial charge in [0, 0.05) is 18.2 Å². The Kier molecular flexibility index (Phi) is 5.21. The number of benzene rings is 2. The summed E-state index contributed by atoms with van der Waals surface area (Å²) in [5.41, 5.74) is 1.33. The van der Waals surface area contributed by atoms with Crippen LogP contribution in [0.25, 0.3) is 22.2 Å². The molecule has 0 saturated carbocycles. The lowest BCUT2D eigenvalue weighted by atomic mass is 10.1. The number of hydrogen-bond donors (Lipinski definition) is 1. The molecule has 0 aliphatic carbocycles. The van der Waals surface area contributed by atoms with E-state index < -0.39 is 4.92 Å². The van der Waals surface area contributed by atoms with E-state index in [0.29, 0.717) is 46.9 Å². The lowest BCUT2D eigenvalue weighted by molar-refractivity contribution is -0.384. The molecule has 2 heterocycles. The molecule has 0 bridgehead atoms. The topological polar surface area (TPSA) is 105 Å². The first-order valence-corrected chi connectivity index (χ1v) is 9.50. The molecule has 1 N–H and O–H groups in total. The molecule has 4 aromatic rings. The van der Waals surface area contributed by atoms with Crippen molar-refractivity contribution in [2.75, 3.05) is 11.4 Å². The molecule has 0 aliphatic rings. The van der Waals surface area contributed by atoms with Gasteiger partial charge in [-0.15, -0.1) is 0 Å². The summed E-state index contributed by atoms with van der Waals surface area (Å²) >= 11 is 0. The number of nitrogens with zero attached hydrogens (tertiary/aromatic N) is 4. The predicted molar refractivity (Wildman–Crippen MR) is 115 cm³/mol. The number of hydrogen-bond acceptors (Lipinski definition) is 6. The molecule has 0 spiro atoms. The van der Waals surface area contributed by atoms with Crippen molar-refractivity contribution >= 4 is 22.4 Å². The lowest BCUT2D eigenvalue weighted by Crippen LogP contribution is -2.26. The Hall–Kier alpha value is -4.07. The Morgan fingerprint density at radius 3 is 2.47 bits per heavy atom. The number of anilines is 1. The molecule has 150 valence electrons. The van der Waals surface area contributed by atoms with Gasteiger partial charge in [-0.1, -0.05) is 42.5 Å². The minimum absolute atomic E-state index is 0.0572. The van der Waals surface area contributed by atoms with Gasteiger partial charge in [-0.3, -0.25) is 14.9 Å². The normalized spacial score (nSPS) is 10.8. The van der Waals surface area contributed by atoms with Crippen LogP contribution in [0.2, 0.25) is 0 Å². The number of rotatable bonds is 6. The molecule has 0 aliphatic heterocycles. The second-order valence-electron chi connectivity index (χ2n) is 6.70. The largest absolute Gasteiger partial charge is 0.349 e. The van der Waals surface area contributed by atoms with Crippen LogP contribution < -0.4 is 10.5 Å². The molecule has 0 amide bonds. The zero-order chi connectivity index (χ0) is 21.1. The molecule has 8 nitrogen and oxygen atoms in total. The van der Waals surface area contributed by atoms with Crippen LogP contribution in [0.5, 0.6) is 0 Å². The fourth-order valence-corrected chi connectivity index (χ4v) is 3.32. The standard InChI is InChI=1S/C22H19N5O3/c1-2-26(14-19-23-17-11-7-6-10-16(17)22(28)24-19)20-13-12-18(27(29)30)21(25-20)15-8-4-3-5-9-15/h3-13H,2,14H2,1H3,(H,23,24,28). The number of fused-ring (bicyclic) bond motifs is 1. The lowest BCUT2D eigenvalue weighted by Gasteiger charge is -2.22. The Morgan fingerprint density at radius 2 is 1.73 bits per heavy atom. The van der Waals surface area contributed by atoms with E-state index in [0.717, 1.165) is 0 Å². The van der Waals surface area contributed by atoms with Crippen molar-refractivity contribution < 1.29 is 4.92 Å². The second kappa shape index (κ2) is 8.12. The maximum atomic E-state index is 12.4. The van der Waals surface area contributed by atoms with Crippen molar-refractivity contribution in [2.24, 2.45) is 0 Å². The third-order valence-electron chi connectivity index (χ3n) is 4.81. The Morgan fingerprint density at radius 1 is 1.00 bits per heavy atom. The number of aromatic nitrogens is 3. The number of aromatic amines is 1. The van der Waals surface area contributed by atoms with Gasteiger partial charge in [0.2, 0.25) is 0 Å². The Balaban J connectivity index is 1.73. The third kappa shape index (κ3) is 3.75. The van der Waals surface area contributed by atoms with E-state index in [1.807, 2.05) is 36.1 Å². The first-order chi connectivity index (χ1) is 14.6. The summed E-state index contributed by atoms with van der Waals surface area (Å²) in [7, 11) is 0. The van der Waals surface area contributed by atoms with E-state index in [1.54, 1.807) is 36.4 Å². The minimum atomic E-state index is -0.433. The van der Waals surface area contributed by atoms with E-state index in [4.69, 9.17) is 0 Å². The molecule has 0 unspecified atom stereocenters. The average molecular weight is 401 g/mol. The van der Waals surface area contributed by atoms with Crippen molar-refractivity contribution in [1.29, 1.82) is 0 Å². The van der Waals surface area contributed by atoms with Gasteiger partial charge >= 0.3 is 0 Å². The van der Waals surface area contributed by atoms with Crippen LogP contribution in [0.15, 0.2) is 71.5 Å². The quantitative estimate of drug-likeness (QED) is 0.388. The second-order valence-corrected chi connectivity index (χ2v) is 6.70. The number of pyridine rings is 1. The first-order valence-electron chi connectivity index (χ1n) is 9.50. The maximum Gasteiger partial charge on any atom is 0.295 e. The van der Waals surface area contributed by atoms with E-state index in [-0.39, 0.29) is 11.2 Å². The number of nitrogens with one attached hydrogen (secondary N) is 1. The van der Waals surface area contributed by atoms with Gasteiger partial charge in [-0.05, 0) is 25.1 Å². The number of para-hydroxylation sites is 1. The molecule has 2 aromatic carbocycles. The molecular weight excluding hydrogens is 382 g/mol. The highest BCUT2D eigenvalue weighted by atomic mass is 16.6. The van der Waals surface area contributed by atoms with Crippen molar-refractivity contribution in [1.82, 2.24) is 15.0 Å². The monoisotopic (exact) mass is 401 g/mol. The molecule has 8 heteroatoms. The highest BCUT2D eigenvalue weighted by Crippen LogP contribution is 2.30. The Labute approximate surface area is 172 Å². The molecule has 2 aromatic heterocycles. The van der Waals surface area contributed by atoms with E-state index >= 15 is 0 Å². The SMILES string of the molecule is CCN(Cc1nc2ccccc2c(=O)[nH]1)c1ccc([N+](=O)[O-])c(-c2ccccc2)n1. The van der Waals surface area contributed by atoms with Crippen molar-refractivity contribution in [3.05, 3.63) is 93.0 Å². The number of H-pyrrole nitrogens is 1. The van der Waals surface area contributed by atoms with E-state index in [2.05, 4.69) is 15.0 Å². The van der Waals surface area contributed by atoms with Gasteiger partial charge in [0.25, 0.3) is 11.2 Å². The third-order valence-corrected chi connectivity index (χ3v) is 4.81. The fourth-order valence-electron chi connectivity index (χ4n) is 3.32. The smallest absolute Gasteiger partial charge is 0.295 e. The van der Waals surface area contributed by atoms with Crippen LogP contribution in [0.4, 0.5) is 11.5 Å². The van der Waals surface area contributed by atoms with Crippen LogP contribution in [-0.4, -0.2) is 26.4 Å². The van der Waals surface area contributed by atoms with Crippen LogP contribution in [0, 0.1) is 10.1 Å². The zero-order valence-corrected chi connectivity index (χ0v) is 16.3. The molecule has 4 rings (SSSR count). The van der Waals surface area contributed by atoms with E-state index in [9.17, 15) is 14.9 Å². The maximum absolute atomic E-state index is 12.4. The van der Waals surface area contributed by atoms with Gasteiger partial charge in [-0.2, -0.15) is 0 Å². The first kappa shape index (κ1) is 19.3. The summed E-state index contributed by atoms with van der Waals surface area (Å²) in [6.07, 6.45) is 0. The van der Waals surface area contributed by atoms with Crippen molar-refractivity contribution in [2.45, 2.75) is 13.5 Å². The van der Waals surface area contributed by atoms with Crippen molar-refractivity contribution in [3.63, 3.8) is 0 Å². The van der Waals surface area contributed by atoms with Gasteiger partial charge in [0.05, 0.1) is 22.4 Å². The summed E-state index contributed by atoms with van der Waals surface area (Å²) in [5.74, 6) is 1.07. The number of nitro groups is 1. The average Bonchev–Trinajstić information content (AvgIpc) is 2.77. The molecular formula is C22H19N5O3. The summed E-state index contributed by atoms with van der Waals surface area (Å²) in [4.78, 5) is 37.3. The zero-order valence-electron chi connectivity index (χ0n) is 16.3. The van der Waals surface area contributed by atoms with Gasteiger partial charge < -0.3 is 9.88 Å². The summed E-state index contributed by atoms with van der Waals surface area (Å²) in [5, 5.41) is 12.0. The predicted octanol–water partition coefficient (Wildman–Crippen LogP) is 3.92. The van der Waals surface area contributed by atoms with Crippen LogP contribution >= 0.6 is 0 Å². The summed E-state index contributed by atoms with van der Waals surface area (Å²) in [6, 6.07) is 19.3. The van der Waals surface area contributed by atoms with Crippen LogP contribution in [0.3, 0.4) is 0 Å². The highest BCUT2D eigenvalue weighted by Gasteiger charge is 2.20. The molecule has 0 fully saturated rings. The van der Waals surface area contributed by atoms with Crippen LogP contribution in [0.1, 0.15) is 12.7 Å². The Bertz CT molecular complexity index is 1270. The minimum Gasteiger partial charge on any atom is -0.349 e. The molecule has 0 saturated heterocycles. The summed E-state index contributed by atoms with van der Waals surface area (Å²) in [6.45, 7) is 2.84. The molecule has 0 atom stereocenters.